The number of carboxylic acids is 1. The molecule has 3 aromatic rings. The number of benzene rings is 2. The fraction of sp³-hybridized carbons (Fsp3) is 0.444. The molecule has 2 atom stereocenters. The zero-order valence-electron chi connectivity index (χ0n) is 29.0. The van der Waals surface area contributed by atoms with Gasteiger partial charge in [-0.05, 0) is 56.0 Å². The third-order valence-electron chi connectivity index (χ3n) is 9.00. The number of methoxy groups -OCH3 is 2. The van der Waals surface area contributed by atoms with Crippen LogP contribution in [0.3, 0.4) is 0 Å². The number of nitrogens with one attached hydrogen (secondary N) is 1. The summed E-state index contributed by atoms with van der Waals surface area (Å²) in [6.45, 7) is 3.06. The summed E-state index contributed by atoms with van der Waals surface area (Å²) in [7, 11) is 3.12. The van der Waals surface area contributed by atoms with Crippen LogP contribution in [0, 0.1) is 0 Å². The highest BCUT2D eigenvalue weighted by Gasteiger charge is 2.33. The van der Waals surface area contributed by atoms with Gasteiger partial charge in [0.05, 0.1) is 32.4 Å². The van der Waals surface area contributed by atoms with Gasteiger partial charge in [-0.3, -0.25) is 19.2 Å². The highest BCUT2D eigenvalue weighted by atomic mass is 16.6. The average molecular weight is 706 g/mol. The topological polar surface area (TPSA) is 177 Å². The summed E-state index contributed by atoms with van der Waals surface area (Å²) in [5.74, 6) is -1.11. The Morgan fingerprint density at radius 3 is 2.35 bits per heavy atom. The zero-order valence-corrected chi connectivity index (χ0v) is 29.0. The van der Waals surface area contributed by atoms with Gasteiger partial charge in [0.2, 0.25) is 5.91 Å². The van der Waals surface area contributed by atoms with Gasteiger partial charge in [-0.15, -0.1) is 0 Å². The molecular formula is C36H43N5O10. The van der Waals surface area contributed by atoms with Crippen molar-refractivity contribution >= 4 is 40.7 Å². The van der Waals surface area contributed by atoms with Gasteiger partial charge in [0.15, 0.2) is 18.1 Å². The first-order chi connectivity index (χ1) is 24.6. The fourth-order valence-electron chi connectivity index (χ4n) is 6.38. The lowest BCUT2D eigenvalue weighted by molar-refractivity contribution is -0.138. The van der Waals surface area contributed by atoms with Crippen molar-refractivity contribution in [2.45, 2.75) is 44.7 Å². The molecule has 2 aliphatic rings. The van der Waals surface area contributed by atoms with Crippen LogP contribution in [0.1, 0.15) is 54.7 Å². The number of aliphatic carboxylic acids is 1. The monoisotopic (exact) mass is 705 g/mol. The first kappa shape index (κ1) is 36.7. The van der Waals surface area contributed by atoms with Gasteiger partial charge in [0.1, 0.15) is 17.5 Å². The number of carbonyl (C=O) groups excluding carboxylic acids is 4. The number of carbonyl (C=O) groups is 5. The quantitative estimate of drug-likeness (QED) is 0.267. The van der Waals surface area contributed by atoms with Crippen LogP contribution in [-0.2, 0) is 19.1 Å². The van der Waals surface area contributed by atoms with E-state index in [1.54, 1.807) is 50.3 Å². The maximum absolute atomic E-state index is 13.6. The summed E-state index contributed by atoms with van der Waals surface area (Å²) in [5, 5.41) is 12.6. The summed E-state index contributed by atoms with van der Waals surface area (Å²) in [6, 6.07) is 12.7. The molecule has 5 rings (SSSR count). The third-order valence-corrected chi connectivity index (χ3v) is 9.00. The molecule has 2 N–H and O–H groups in total. The van der Waals surface area contributed by atoms with Crippen molar-refractivity contribution in [1.82, 2.24) is 25.0 Å². The van der Waals surface area contributed by atoms with Gasteiger partial charge >= 0.3 is 12.1 Å². The molecule has 1 unspecified atom stereocenters. The Bertz CT molecular complexity index is 1760. The van der Waals surface area contributed by atoms with Crippen molar-refractivity contribution in [2.24, 2.45) is 0 Å². The number of likely N-dealkylation sites (tertiary alicyclic amines) is 1. The van der Waals surface area contributed by atoms with E-state index >= 15 is 0 Å². The lowest BCUT2D eigenvalue weighted by atomic mass is 10.0. The molecule has 2 fully saturated rings. The minimum absolute atomic E-state index is 0.0687. The molecule has 0 radical (unpaired) electrons. The van der Waals surface area contributed by atoms with Crippen molar-refractivity contribution in [3.05, 3.63) is 59.8 Å². The van der Waals surface area contributed by atoms with Crippen molar-refractivity contribution in [1.29, 1.82) is 0 Å². The number of para-hydroxylation sites is 1. The Kier molecular flexibility index (Phi) is 12.1. The molecule has 0 saturated carbocycles. The van der Waals surface area contributed by atoms with E-state index in [0.29, 0.717) is 28.9 Å². The maximum Gasteiger partial charge on any atom is 0.409 e. The van der Waals surface area contributed by atoms with Crippen LogP contribution in [0.5, 0.6) is 17.2 Å². The van der Waals surface area contributed by atoms with Crippen LogP contribution in [0.2, 0.25) is 0 Å². The number of carboxylic acid groups (broad SMARTS) is 1. The molecule has 2 aliphatic heterocycles. The molecule has 0 spiro atoms. The highest BCUT2D eigenvalue weighted by molar-refractivity contribution is 5.99. The summed E-state index contributed by atoms with van der Waals surface area (Å²) in [4.78, 5) is 73.5. The predicted octanol–water partition coefficient (Wildman–Crippen LogP) is 3.26. The average Bonchev–Trinajstić information content (AvgIpc) is 3.65. The lowest BCUT2D eigenvalue weighted by Crippen LogP contribution is -2.56. The number of fused-ring (bicyclic) bond motifs is 1. The highest BCUT2D eigenvalue weighted by Crippen LogP contribution is 2.37. The van der Waals surface area contributed by atoms with Gasteiger partial charge in [-0.25, -0.2) is 9.78 Å². The second-order valence-electron chi connectivity index (χ2n) is 12.1. The predicted molar refractivity (Wildman–Crippen MR) is 184 cm³/mol. The van der Waals surface area contributed by atoms with Gasteiger partial charge in [0.25, 0.3) is 11.8 Å². The minimum atomic E-state index is -1.16. The van der Waals surface area contributed by atoms with E-state index in [2.05, 4.69) is 10.3 Å². The van der Waals surface area contributed by atoms with Gasteiger partial charge < -0.3 is 44.1 Å². The van der Waals surface area contributed by atoms with E-state index in [0.717, 1.165) is 18.4 Å². The second-order valence-corrected chi connectivity index (χ2v) is 12.1. The Morgan fingerprint density at radius 2 is 1.65 bits per heavy atom. The SMILES string of the molecule is CCOC(=O)N1CCN(C(=O)C(CCC(=O)O)NC(=O)c2cc(OCC(=O)N3CCC[C@H]3c3ccc(OC)c(OC)c3)c3ccccc3n2)CC1. The first-order valence-corrected chi connectivity index (χ1v) is 16.9. The number of nitrogens with zero attached hydrogens (tertiary/aromatic N) is 4. The molecule has 51 heavy (non-hydrogen) atoms. The normalized spacial score (nSPS) is 16.4. The number of piperazine rings is 1. The van der Waals surface area contributed by atoms with E-state index in [1.165, 1.54) is 15.9 Å². The number of ether oxygens (including phenoxy) is 4. The third kappa shape index (κ3) is 8.77. The minimum Gasteiger partial charge on any atom is -0.493 e. The molecule has 0 bridgehead atoms. The summed E-state index contributed by atoms with van der Waals surface area (Å²) < 4.78 is 21.9. The Balaban J connectivity index is 1.30. The Labute approximate surface area is 295 Å². The van der Waals surface area contributed by atoms with Crippen molar-refractivity contribution < 1.29 is 48.0 Å². The van der Waals surface area contributed by atoms with Crippen LogP contribution in [0.4, 0.5) is 4.79 Å². The lowest BCUT2D eigenvalue weighted by Gasteiger charge is -2.35. The molecule has 15 heteroatoms. The molecule has 15 nitrogen and oxygen atoms in total. The molecule has 0 aliphatic carbocycles. The zero-order chi connectivity index (χ0) is 36.5. The number of rotatable bonds is 13. The molecular weight excluding hydrogens is 662 g/mol. The van der Waals surface area contributed by atoms with E-state index in [1.807, 2.05) is 18.2 Å². The fourth-order valence-corrected chi connectivity index (χ4v) is 6.38. The maximum atomic E-state index is 13.6. The van der Waals surface area contributed by atoms with Crippen LogP contribution < -0.4 is 19.5 Å². The summed E-state index contributed by atoms with van der Waals surface area (Å²) in [6.07, 6.45) is 0.603. The molecule has 272 valence electrons. The van der Waals surface area contributed by atoms with E-state index in [-0.39, 0.29) is 75.6 Å². The molecule has 1 aromatic heterocycles. The van der Waals surface area contributed by atoms with Gasteiger partial charge in [0, 0.05) is 50.6 Å². The Morgan fingerprint density at radius 1 is 0.922 bits per heavy atom. The largest absolute Gasteiger partial charge is 0.493 e. The van der Waals surface area contributed by atoms with Crippen molar-refractivity contribution in [2.75, 3.05) is 60.2 Å². The smallest absolute Gasteiger partial charge is 0.409 e. The molecule has 2 aromatic carbocycles. The van der Waals surface area contributed by atoms with Crippen molar-refractivity contribution in [3.8, 4) is 17.2 Å². The molecule has 2 saturated heterocycles. The van der Waals surface area contributed by atoms with Gasteiger partial charge in [-0.2, -0.15) is 0 Å². The van der Waals surface area contributed by atoms with Crippen LogP contribution in [0.25, 0.3) is 10.9 Å². The summed E-state index contributed by atoms with van der Waals surface area (Å²) in [5.41, 5.74) is 1.28. The number of amides is 4. The van der Waals surface area contributed by atoms with Crippen LogP contribution in [-0.4, -0.2) is 121 Å². The van der Waals surface area contributed by atoms with Gasteiger partial charge in [-0.1, -0.05) is 18.2 Å². The number of pyridine rings is 1. The number of hydrogen-bond donors (Lipinski definition) is 2. The van der Waals surface area contributed by atoms with E-state index < -0.39 is 29.9 Å². The first-order valence-electron chi connectivity index (χ1n) is 16.9. The number of hydrogen-bond acceptors (Lipinski definition) is 10. The summed E-state index contributed by atoms with van der Waals surface area (Å²) >= 11 is 0. The standard InChI is InChI=1S/C36H43N5O10/c1-4-50-36(47)40-18-16-39(17-19-40)35(46)26(12-14-33(43)44)38-34(45)27-21-30(24-8-5-6-9-25(24)37-27)51-22-32(42)41-15-7-10-28(41)23-11-13-29(48-2)31(20-23)49-3/h5-6,8-9,11,13,20-21,26,28H,4,7,10,12,14-19,22H2,1-3H3,(H,38,45)(H,43,44)/t26?,28-/m0/s1. The van der Waals surface area contributed by atoms with Crippen LogP contribution >= 0.6 is 0 Å². The van der Waals surface area contributed by atoms with Crippen LogP contribution in [0.15, 0.2) is 48.5 Å². The molecule has 3 heterocycles. The second kappa shape index (κ2) is 16.9. The Hall–Kier alpha value is -5.60. The number of aromatic nitrogens is 1. The molecule has 4 amide bonds. The van der Waals surface area contributed by atoms with E-state index in [9.17, 15) is 29.1 Å². The van der Waals surface area contributed by atoms with E-state index in [4.69, 9.17) is 18.9 Å². The van der Waals surface area contributed by atoms with Crippen molar-refractivity contribution in [3.63, 3.8) is 0 Å².